The SMILES string of the molecule is CC(=O)O[C@@H]1C[C@@H]2O[C@@H](C(N)=S)CC[C@@H]2[C@H]1CO[Si](c1ccccc1)(c1ccccc1)C(C)(C)C. The van der Waals surface area contributed by atoms with Crippen molar-refractivity contribution in [2.24, 2.45) is 17.6 Å². The molecular formula is C28H37NO4SSi. The number of rotatable bonds is 7. The Morgan fingerprint density at radius 3 is 2.11 bits per heavy atom. The molecule has 5 atom stereocenters. The Kier molecular flexibility index (Phi) is 7.81. The first-order valence-corrected chi connectivity index (χ1v) is 14.8. The van der Waals surface area contributed by atoms with Gasteiger partial charge in [-0.05, 0) is 34.2 Å². The summed E-state index contributed by atoms with van der Waals surface area (Å²) in [6.07, 6.45) is 1.88. The number of benzene rings is 2. The molecule has 0 aromatic heterocycles. The fourth-order valence-electron chi connectivity index (χ4n) is 6.08. The standard InChI is InChI=1S/C28H37NO4SSi/c1-19(30)32-26-17-25-22(15-16-24(33-25)27(29)34)23(26)18-31-35(28(2,3)4,20-11-7-5-8-12-20)21-13-9-6-10-14-21/h5-14,22-26H,15-18H2,1-4H3,(H2,29,34)/t22-,23-,24-,25+,26-/m1/s1. The third-order valence-corrected chi connectivity index (χ3v) is 12.9. The van der Waals surface area contributed by atoms with Gasteiger partial charge in [-0.2, -0.15) is 0 Å². The van der Waals surface area contributed by atoms with Gasteiger partial charge in [-0.1, -0.05) is 93.7 Å². The second kappa shape index (κ2) is 10.5. The third kappa shape index (κ3) is 5.24. The molecule has 1 saturated heterocycles. The van der Waals surface area contributed by atoms with Gasteiger partial charge in [0, 0.05) is 25.9 Å². The Morgan fingerprint density at radius 1 is 1.06 bits per heavy atom. The second-order valence-electron chi connectivity index (χ2n) is 10.8. The molecule has 4 rings (SSSR count). The van der Waals surface area contributed by atoms with Gasteiger partial charge in [0.25, 0.3) is 8.32 Å². The normalized spacial score (nSPS) is 26.7. The van der Waals surface area contributed by atoms with E-state index in [9.17, 15) is 4.79 Å². The number of ether oxygens (including phenoxy) is 2. The molecule has 0 amide bonds. The van der Waals surface area contributed by atoms with Crippen LogP contribution in [0, 0.1) is 11.8 Å². The van der Waals surface area contributed by atoms with E-state index >= 15 is 0 Å². The number of fused-ring (bicyclic) bond motifs is 1. The zero-order chi connectivity index (χ0) is 25.2. The Bertz CT molecular complexity index is 987. The highest BCUT2D eigenvalue weighted by molar-refractivity contribution is 7.80. The number of nitrogens with two attached hydrogens (primary N) is 1. The lowest BCUT2D eigenvalue weighted by Gasteiger charge is -2.44. The molecule has 2 aliphatic rings. The Balaban J connectivity index is 1.69. The Hall–Kier alpha value is -2.06. The summed E-state index contributed by atoms with van der Waals surface area (Å²) in [5.41, 5.74) is 5.89. The van der Waals surface area contributed by atoms with E-state index in [0.29, 0.717) is 18.0 Å². The van der Waals surface area contributed by atoms with Crippen molar-refractivity contribution in [1.82, 2.24) is 0 Å². The summed E-state index contributed by atoms with van der Waals surface area (Å²) in [6.45, 7) is 8.80. The van der Waals surface area contributed by atoms with Crippen molar-refractivity contribution < 1.29 is 18.7 Å². The zero-order valence-electron chi connectivity index (χ0n) is 21.1. The van der Waals surface area contributed by atoms with Crippen molar-refractivity contribution >= 4 is 41.9 Å². The fraction of sp³-hybridized carbons (Fsp3) is 0.500. The average molecular weight is 512 g/mol. The van der Waals surface area contributed by atoms with Gasteiger partial charge in [-0.3, -0.25) is 4.79 Å². The summed E-state index contributed by atoms with van der Waals surface area (Å²) in [5, 5.41) is 2.36. The largest absolute Gasteiger partial charge is 0.462 e. The summed E-state index contributed by atoms with van der Waals surface area (Å²) < 4.78 is 19.3. The van der Waals surface area contributed by atoms with Gasteiger partial charge in [-0.25, -0.2) is 0 Å². The van der Waals surface area contributed by atoms with Crippen LogP contribution in [-0.2, 0) is 18.7 Å². The van der Waals surface area contributed by atoms with E-state index in [2.05, 4.69) is 69.3 Å². The van der Waals surface area contributed by atoms with Crippen molar-refractivity contribution in [2.45, 2.75) is 70.3 Å². The summed E-state index contributed by atoms with van der Waals surface area (Å²) in [7, 11) is -2.70. The van der Waals surface area contributed by atoms with Crippen molar-refractivity contribution in [3.05, 3.63) is 60.7 Å². The zero-order valence-corrected chi connectivity index (χ0v) is 22.9. The van der Waals surface area contributed by atoms with Gasteiger partial charge in [0.05, 0.1) is 6.10 Å². The summed E-state index contributed by atoms with van der Waals surface area (Å²) in [4.78, 5) is 12.4. The van der Waals surface area contributed by atoms with Crippen LogP contribution in [0.2, 0.25) is 5.04 Å². The van der Waals surface area contributed by atoms with E-state index in [0.717, 1.165) is 12.8 Å². The van der Waals surface area contributed by atoms with Crippen LogP contribution in [0.25, 0.3) is 0 Å². The molecule has 0 unspecified atom stereocenters. The van der Waals surface area contributed by atoms with E-state index in [1.807, 2.05) is 12.1 Å². The predicted octanol–water partition coefficient (Wildman–Crippen LogP) is 3.96. The predicted molar refractivity (Wildman–Crippen MR) is 145 cm³/mol. The fourth-order valence-corrected chi connectivity index (χ4v) is 10.9. The Labute approximate surface area is 215 Å². The van der Waals surface area contributed by atoms with Gasteiger partial charge in [0.1, 0.15) is 17.2 Å². The number of hydrogen-bond donors (Lipinski definition) is 1. The lowest BCUT2D eigenvalue weighted by molar-refractivity contribution is -0.149. The lowest BCUT2D eigenvalue weighted by atomic mass is 9.87. The number of carbonyl (C=O) groups is 1. The number of hydrogen-bond acceptors (Lipinski definition) is 5. The van der Waals surface area contributed by atoms with Crippen LogP contribution in [0.15, 0.2) is 60.7 Å². The minimum absolute atomic E-state index is 0.0349. The first kappa shape index (κ1) is 26.0. The van der Waals surface area contributed by atoms with Crippen LogP contribution < -0.4 is 16.1 Å². The molecule has 2 N–H and O–H groups in total. The molecule has 2 fully saturated rings. The molecule has 7 heteroatoms. The van der Waals surface area contributed by atoms with Crippen molar-refractivity contribution in [2.75, 3.05) is 6.61 Å². The summed E-state index contributed by atoms with van der Waals surface area (Å²) in [6, 6.07) is 21.2. The molecule has 0 bridgehead atoms. The van der Waals surface area contributed by atoms with E-state index < -0.39 is 8.32 Å². The highest BCUT2D eigenvalue weighted by Crippen LogP contribution is 2.45. The van der Waals surface area contributed by atoms with Crippen molar-refractivity contribution in [3.63, 3.8) is 0 Å². The molecule has 1 saturated carbocycles. The number of carbonyl (C=O) groups excluding carboxylic acids is 1. The molecule has 1 heterocycles. The first-order valence-electron chi connectivity index (χ1n) is 12.5. The van der Waals surface area contributed by atoms with Crippen LogP contribution in [0.3, 0.4) is 0 Å². The van der Waals surface area contributed by atoms with Gasteiger partial charge in [0.15, 0.2) is 0 Å². The van der Waals surface area contributed by atoms with Gasteiger partial charge >= 0.3 is 5.97 Å². The second-order valence-corrected chi connectivity index (χ2v) is 15.6. The average Bonchev–Trinajstić information content (AvgIpc) is 3.15. The topological polar surface area (TPSA) is 70.8 Å². The minimum Gasteiger partial charge on any atom is -0.462 e. The smallest absolute Gasteiger partial charge is 0.302 e. The molecule has 2 aromatic carbocycles. The van der Waals surface area contributed by atoms with Crippen LogP contribution in [0.1, 0.15) is 47.0 Å². The molecule has 2 aromatic rings. The molecule has 1 aliphatic heterocycles. The number of thiocarbonyl (C=S) groups is 1. The molecule has 35 heavy (non-hydrogen) atoms. The van der Waals surface area contributed by atoms with Gasteiger partial charge in [-0.15, -0.1) is 0 Å². The quantitative estimate of drug-likeness (QED) is 0.345. The van der Waals surface area contributed by atoms with Crippen LogP contribution in [0.4, 0.5) is 0 Å². The maximum Gasteiger partial charge on any atom is 0.302 e. The molecular weight excluding hydrogens is 474 g/mol. The highest BCUT2D eigenvalue weighted by atomic mass is 32.1. The minimum atomic E-state index is -2.70. The summed E-state index contributed by atoms with van der Waals surface area (Å²) in [5.74, 6) is 0.0241. The molecule has 5 nitrogen and oxygen atoms in total. The molecule has 0 radical (unpaired) electrons. The molecule has 0 spiro atoms. The van der Waals surface area contributed by atoms with Gasteiger partial charge in [0.2, 0.25) is 0 Å². The van der Waals surface area contributed by atoms with Crippen molar-refractivity contribution in [1.29, 1.82) is 0 Å². The van der Waals surface area contributed by atoms with E-state index in [-0.39, 0.29) is 41.2 Å². The monoisotopic (exact) mass is 511 g/mol. The number of esters is 1. The maximum absolute atomic E-state index is 12.0. The highest BCUT2D eigenvalue weighted by Gasteiger charge is 2.53. The summed E-state index contributed by atoms with van der Waals surface area (Å²) >= 11 is 5.20. The van der Waals surface area contributed by atoms with Crippen LogP contribution in [-0.4, -0.2) is 44.2 Å². The van der Waals surface area contributed by atoms with E-state index in [1.54, 1.807) is 0 Å². The lowest BCUT2D eigenvalue weighted by Crippen LogP contribution is -2.67. The van der Waals surface area contributed by atoms with E-state index in [4.69, 9.17) is 31.9 Å². The first-order chi connectivity index (χ1) is 16.6. The van der Waals surface area contributed by atoms with Crippen molar-refractivity contribution in [3.8, 4) is 0 Å². The third-order valence-electron chi connectivity index (χ3n) is 7.61. The van der Waals surface area contributed by atoms with E-state index in [1.165, 1.54) is 17.3 Å². The Morgan fingerprint density at radius 2 is 1.63 bits per heavy atom. The molecule has 1 aliphatic carbocycles. The van der Waals surface area contributed by atoms with Crippen LogP contribution in [0.5, 0.6) is 0 Å². The molecule has 188 valence electrons. The van der Waals surface area contributed by atoms with Crippen LogP contribution >= 0.6 is 12.2 Å². The van der Waals surface area contributed by atoms with Gasteiger partial charge < -0.3 is 19.6 Å². The maximum atomic E-state index is 12.0.